The van der Waals surface area contributed by atoms with Crippen LogP contribution in [0.2, 0.25) is 5.02 Å². The SMILES string of the molecule is CCCNCc1ccc(Cc2nccs2)c(Cl)c1. The minimum Gasteiger partial charge on any atom is -0.313 e. The van der Waals surface area contributed by atoms with Crippen LogP contribution in [0.15, 0.2) is 29.8 Å². The largest absolute Gasteiger partial charge is 0.313 e. The number of thiazole rings is 1. The van der Waals surface area contributed by atoms with Gasteiger partial charge in [-0.2, -0.15) is 0 Å². The molecular formula is C14H17ClN2S. The molecule has 0 spiro atoms. The molecule has 2 rings (SSSR count). The molecule has 1 aromatic carbocycles. The first-order valence-electron chi connectivity index (χ1n) is 6.16. The van der Waals surface area contributed by atoms with E-state index in [0.29, 0.717) is 0 Å². The van der Waals surface area contributed by atoms with E-state index in [9.17, 15) is 0 Å². The van der Waals surface area contributed by atoms with Gasteiger partial charge >= 0.3 is 0 Å². The van der Waals surface area contributed by atoms with Crippen molar-refractivity contribution in [2.45, 2.75) is 26.3 Å². The van der Waals surface area contributed by atoms with E-state index < -0.39 is 0 Å². The summed E-state index contributed by atoms with van der Waals surface area (Å²) in [6.07, 6.45) is 3.80. The lowest BCUT2D eigenvalue weighted by Gasteiger charge is -2.07. The summed E-state index contributed by atoms with van der Waals surface area (Å²) in [5.74, 6) is 0. The van der Waals surface area contributed by atoms with Crippen LogP contribution in [0.5, 0.6) is 0 Å². The topological polar surface area (TPSA) is 24.9 Å². The second kappa shape index (κ2) is 6.88. The van der Waals surface area contributed by atoms with Crippen molar-refractivity contribution in [1.29, 1.82) is 0 Å². The minimum absolute atomic E-state index is 0.819. The second-order valence-corrected chi connectivity index (χ2v) is 5.59. The number of rotatable bonds is 6. The van der Waals surface area contributed by atoms with E-state index in [0.717, 1.165) is 41.5 Å². The Morgan fingerprint density at radius 3 is 2.94 bits per heavy atom. The Morgan fingerprint density at radius 2 is 2.28 bits per heavy atom. The summed E-state index contributed by atoms with van der Waals surface area (Å²) < 4.78 is 0. The monoisotopic (exact) mass is 280 g/mol. The van der Waals surface area contributed by atoms with E-state index >= 15 is 0 Å². The summed E-state index contributed by atoms with van der Waals surface area (Å²) in [5.41, 5.74) is 2.38. The van der Waals surface area contributed by atoms with Gasteiger partial charge < -0.3 is 5.32 Å². The number of benzene rings is 1. The van der Waals surface area contributed by atoms with E-state index in [1.54, 1.807) is 11.3 Å². The molecule has 2 aromatic rings. The van der Waals surface area contributed by atoms with Gasteiger partial charge in [-0.05, 0) is 30.2 Å². The van der Waals surface area contributed by atoms with Gasteiger partial charge in [0.2, 0.25) is 0 Å². The smallest absolute Gasteiger partial charge is 0.0969 e. The molecule has 0 radical (unpaired) electrons. The molecule has 1 heterocycles. The molecule has 0 aliphatic rings. The average Bonchev–Trinajstić information content (AvgIpc) is 2.86. The number of hydrogen-bond donors (Lipinski definition) is 1. The zero-order valence-electron chi connectivity index (χ0n) is 10.4. The lowest BCUT2D eigenvalue weighted by molar-refractivity contribution is 0.675. The number of aromatic nitrogens is 1. The first-order chi connectivity index (χ1) is 8.79. The van der Waals surface area contributed by atoms with E-state index in [-0.39, 0.29) is 0 Å². The highest BCUT2D eigenvalue weighted by molar-refractivity contribution is 7.09. The molecule has 0 saturated heterocycles. The predicted octanol–water partition coefficient (Wildman–Crippen LogP) is 3.89. The second-order valence-electron chi connectivity index (χ2n) is 4.21. The van der Waals surface area contributed by atoms with Gasteiger partial charge in [0.05, 0.1) is 5.01 Å². The quantitative estimate of drug-likeness (QED) is 0.812. The van der Waals surface area contributed by atoms with Crippen molar-refractivity contribution in [1.82, 2.24) is 10.3 Å². The van der Waals surface area contributed by atoms with E-state index in [4.69, 9.17) is 11.6 Å². The van der Waals surface area contributed by atoms with Crippen molar-refractivity contribution >= 4 is 22.9 Å². The van der Waals surface area contributed by atoms with Crippen molar-refractivity contribution in [2.75, 3.05) is 6.54 Å². The van der Waals surface area contributed by atoms with E-state index in [1.807, 2.05) is 17.6 Å². The maximum Gasteiger partial charge on any atom is 0.0969 e. The van der Waals surface area contributed by atoms with Crippen LogP contribution in [0.1, 0.15) is 29.5 Å². The first kappa shape index (κ1) is 13.5. The molecule has 0 saturated carbocycles. The van der Waals surface area contributed by atoms with Crippen LogP contribution in [0.4, 0.5) is 0 Å². The molecule has 96 valence electrons. The van der Waals surface area contributed by atoms with E-state index in [1.165, 1.54) is 5.56 Å². The van der Waals surface area contributed by atoms with Crippen LogP contribution in [0.3, 0.4) is 0 Å². The van der Waals surface area contributed by atoms with Crippen molar-refractivity contribution < 1.29 is 0 Å². The van der Waals surface area contributed by atoms with Gasteiger partial charge in [-0.1, -0.05) is 30.7 Å². The van der Waals surface area contributed by atoms with Crippen molar-refractivity contribution in [2.24, 2.45) is 0 Å². The number of halogens is 1. The van der Waals surface area contributed by atoms with Crippen LogP contribution in [0, 0.1) is 0 Å². The molecule has 0 unspecified atom stereocenters. The standard InChI is InChI=1S/C14H17ClN2S/c1-2-5-16-10-11-3-4-12(13(15)8-11)9-14-17-6-7-18-14/h3-4,6-8,16H,2,5,9-10H2,1H3. The average molecular weight is 281 g/mol. The van der Waals surface area contributed by atoms with Gasteiger partial charge in [0, 0.05) is 29.6 Å². The van der Waals surface area contributed by atoms with Crippen LogP contribution >= 0.6 is 22.9 Å². The molecule has 0 aliphatic heterocycles. The summed E-state index contributed by atoms with van der Waals surface area (Å²) >= 11 is 7.97. The van der Waals surface area contributed by atoms with Crippen LogP contribution in [-0.4, -0.2) is 11.5 Å². The Hall–Kier alpha value is -0.900. The first-order valence-corrected chi connectivity index (χ1v) is 7.41. The fourth-order valence-electron chi connectivity index (χ4n) is 1.76. The zero-order chi connectivity index (χ0) is 12.8. The molecule has 4 heteroatoms. The molecule has 1 aromatic heterocycles. The van der Waals surface area contributed by atoms with Gasteiger partial charge in [-0.15, -0.1) is 11.3 Å². The molecule has 18 heavy (non-hydrogen) atoms. The van der Waals surface area contributed by atoms with Gasteiger partial charge in [0.15, 0.2) is 0 Å². The van der Waals surface area contributed by atoms with Gasteiger partial charge in [-0.25, -0.2) is 4.98 Å². The number of hydrogen-bond acceptors (Lipinski definition) is 3. The molecule has 2 nitrogen and oxygen atoms in total. The van der Waals surface area contributed by atoms with Crippen LogP contribution in [-0.2, 0) is 13.0 Å². The van der Waals surface area contributed by atoms with Gasteiger partial charge in [0.1, 0.15) is 0 Å². The predicted molar refractivity (Wildman–Crippen MR) is 78.4 cm³/mol. The molecular weight excluding hydrogens is 264 g/mol. The minimum atomic E-state index is 0.819. The van der Waals surface area contributed by atoms with Crippen LogP contribution in [0.25, 0.3) is 0 Å². The Balaban J connectivity index is 2.01. The molecule has 0 atom stereocenters. The Morgan fingerprint density at radius 1 is 1.39 bits per heavy atom. The summed E-state index contributed by atoms with van der Waals surface area (Å²) in [6.45, 7) is 4.08. The highest BCUT2D eigenvalue weighted by atomic mass is 35.5. The summed E-state index contributed by atoms with van der Waals surface area (Å²) in [6, 6.07) is 6.29. The van der Waals surface area contributed by atoms with E-state index in [2.05, 4.69) is 29.4 Å². The third-order valence-corrected chi connectivity index (χ3v) is 3.83. The molecule has 1 N–H and O–H groups in total. The molecule has 0 bridgehead atoms. The fraction of sp³-hybridized carbons (Fsp3) is 0.357. The Labute approximate surface area is 117 Å². The van der Waals surface area contributed by atoms with Crippen molar-refractivity contribution in [3.05, 3.63) is 50.9 Å². The number of nitrogens with zero attached hydrogens (tertiary/aromatic N) is 1. The highest BCUT2D eigenvalue weighted by Gasteiger charge is 2.04. The maximum atomic E-state index is 6.31. The highest BCUT2D eigenvalue weighted by Crippen LogP contribution is 2.21. The van der Waals surface area contributed by atoms with Crippen molar-refractivity contribution in [3.63, 3.8) is 0 Å². The Kier molecular flexibility index (Phi) is 5.17. The zero-order valence-corrected chi connectivity index (χ0v) is 12.0. The summed E-state index contributed by atoms with van der Waals surface area (Å²) in [5, 5.41) is 7.31. The van der Waals surface area contributed by atoms with Crippen LogP contribution < -0.4 is 5.32 Å². The third-order valence-electron chi connectivity index (χ3n) is 2.70. The lowest BCUT2D eigenvalue weighted by atomic mass is 10.1. The molecule has 0 amide bonds. The normalized spacial score (nSPS) is 10.8. The maximum absolute atomic E-state index is 6.31. The summed E-state index contributed by atoms with van der Waals surface area (Å²) in [4.78, 5) is 4.28. The number of nitrogens with one attached hydrogen (secondary N) is 1. The van der Waals surface area contributed by atoms with Gasteiger partial charge in [-0.3, -0.25) is 0 Å². The molecule has 0 fully saturated rings. The fourth-order valence-corrected chi connectivity index (χ4v) is 2.67. The molecule has 0 aliphatic carbocycles. The Bertz CT molecular complexity index is 483. The summed E-state index contributed by atoms with van der Waals surface area (Å²) in [7, 11) is 0. The lowest BCUT2D eigenvalue weighted by Crippen LogP contribution is -2.13. The third kappa shape index (κ3) is 3.80. The van der Waals surface area contributed by atoms with Gasteiger partial charge in [0.25, 0.3) is 0 Å². The van der Waals surface area contributed by atoms with Crippen molar-refractivity contribution in [3.8, 4) is 0 Å².